The number of nitrogens with one attached hydrogen (secondary N) is 1. The zero-order valence-corrected chi connectivity index (χ0v) is 26.8. The van der Waals surface area contributed by atoms with Crippen LogP contribution in [0, 0.1) is 0 Å². The molecule has 0 aliphatic heterocycles. The van der Waals surface area contributed by atoms with E-state index in [2.05, 4.69) is 5.32 Å². The fraction of sp³-hybridized carbons (Fsp3) is 0.355. The molecule has 0 aromatic heterocycles. The van der Waals surface area contributed by atoms with Crippen LogP contribution < -0.4 is 14.4 Å². The van der Waals surface area contributed by atoms with Crippen molar-refractivity contribution >= 4 is 50.7 Å². The van der Waals surface area contributed by atoms with Crippen molar-refractivity contribution in [3.8, 4) is 5.75 Å². The normalized spacial score (nSPS) is 12.4. The largest absolute Gasteiger partial charge is 0.492 e. The molecule has 3 rings (SSSR count). The zero-order valence-electron chi connectivity index (χ0n) is 24.4. The van der Waals surface area contributed by atoms with Crippen molar-refractivity contribution in [3.05, 3.63) is 94.0 Å². The molecule has 2 amide bonds. The summed E-state index contributed by atoms with van der Waals surface area (Å²) >= 11 is 13.0. The van der Waals surface area contributed by atoms with Crippen molar-refractivity contribution in [2.45, 2.75) is 52.2 Å². The van der Waals surface area contributed by atoms with Crippen LogP contribution in [0.1, 0.15) is 38.8 Å². The van der Waals surface area contributed by atoms with E-state index in [-0.39, 0.29) is 18.7 Å². The molecule has 0 saturated carbocycles. The molecule has 0 aliphatic rings. The van der Waals surface area contributed by atoms with Gasteiger partial charge in [0.1, 0.15) is 18.3 Å². The number of benzene rings is 3. The van der Waals surface area contributed by atoms with Gasteiger partial charge in [-0.1, -0.05) is 71.7 Å². The summed E-state index contributed by atoms with van der Waals surface area (Å²) in [5, 5.41) is 3.61. The third-order valence-electron chi connectivity index (χ3n) is 6.27. The van der Waals surface area contributed by atoms with Gasteiger partial charge < -0.3 is 15.0 Å². The van der Waals surface area contributed by atoms with Gasteiger partial charge in [0.2, 0.25) is 21.8 Å². The van der Waals surface area contributed by atoms with E-state index >= 15 is 0 Å². The highest BCUT2D eigenvalue weighted by atomic mass is 35.5. The van der Waals surface area contributed by atoms with E-state index in [1.807, 2.05) is 51.1 Å². The first-order valence-electron chi connectivity index (χ1n) is 13.5. The van der Waals surface area contributed by atoms with Crippen LogP contribution in [0.15, 0.2) is 72.8 Å². The summed E-state index contributed by atoms with van der Waals surface area (Å²) in [7, 11) is -3.96. The molecule has 3 aromatic carbocycles. The lowest BCUT2D eigenvalue weighted by Gasteiger charge is -2.35. The molecule has 0 bridgehead atoms. The summed E-state index contributed by atoms with van der Waals surface area (Å²) in [6.45, 7) is 6.90. The molecule has 11 heteroatoms. The van der Waals surface area contributed by atoms with Crippen LogP contribution >= 0.6 is 23.2 Å². The maximum Gasteiger partial charge on any atom is 0.244 e. The summed E-state index contributed by atoms with van der Waals surface area (Å²) in [5.74, 6) is -0.707. The van der Waals surface area contributed by atoms with Gasteiger partial charge in [0, 0.05) is 34.1 Å². The molecule has 0 fully saturated rings. The number of carbonyl (C=O) groups is 2. The van der Waals surface area contributed by atoms with Crippen LogP contribution in [0.5, 0.6) is 5.75 Å². The molecule has 0 heterocycles. The molecule has 0 aliphatic carbocycles. The number of amides is 2. The van der Waals surface area contributed by atoms with E-state index < -0.39 is 40.0 Å². The Kier molecular flexibility index (Phi) is 11.3. The third kappa shape index (κ3) is 9.11. The van der Waals surface area contributed by atoms with Crippen LogP contribution in [-0.2, 0) is 32.6 Å². The molecule has 0 spiro atoms. The number of anilines is 1. The minimum absolute atomic E-state index is 0.128. The quantitative estimate of drug-likeness (QED) is 0.275. The molecule has 0 saturated heterocycles. The summed E-state index contributed by atoms with van der Waals surface area (Å²) in [6, 6.07) is 19.8. The smallest absolute Gasteiger partial charge is 0.244 e. The van der Waals surface area contributed by atoms with Crippen LogP contribution in [0.4, 0.5) is 5.69 Å². The first-order valence-corrected chi connectivity index (χ1v) is 16.1. The Morgan fingerprint density at radius 1 is 0.929 bits per heavy atom. The van der Waals surface area contributed by atoms with E-state index in [1.165, 1.54) is 4.90 Å². The van der Waals surface area contributed by atoms with Crippen molar-refractivity contribution in [3.63, 3.8) is 0 Å². The number of nitrogens with zero attached hydrogens (tertiary/aromatic N) is 2. The van der Waals surface area contributed by atoms with Gasteiger partial charge in [0.25, 0.3) is 0 Å². The van der Waals surface area contributed by atoms with Crippen molar-refractivity contribution < 1.29 is 22.7 Å². The lowest BCUT2D eigenvalue weighted by Crippen LogP contribution is -2.56. The second-order valence-electron chi connectivity index (χ2n) is 10.8. The molecule has 226 valence electrons. The maximum atomic E-state index is 14.3. The average Bonchev–Trinajstić information content (AvgIpc) is 2.90. The van der Waals surface area contributed by atoms with Crippen LogP contribution in [-0.4, -0.2) is 56.1 Å². The van der Waals surface area contributed by atoms with Gasteiger partial charge in [-0.3, -0.25) is 13.9 Å². The monoisotopic (exact) mass is 633 g/mol. The summed E-state index contributed by atoms with van der Waals surface area (Å²) < 4.78 is 32.8. The van der Waals surface area contributed by atoms with Crippen molar-refractivity contribution in [2.75, 3.05) is 23.7 Å². The first-order chi connectivity index (χ1) is 19.7. The van der Waals surface area contributed by atoms with Gasteiger partial charge >= 0.3 is 0 Å². The summed E-state index contributed by atoms with van der Waals surface area (Å²) in [4.78, 5) is 29.5. The Bertz CT molecular complexity index is 1470. The van der Waals surface area contributed by atoms with E-state index in [0.717, 1.165) is 16.1 Å². The van der Waals surface area contributed by atoms with Crippen LogP contribution in [0.25, 0.3) is 0 Å². The lowest BCUT2D eigenvalue weighted by molar-refractivity contribution is -0.140. The van der Waals surface area contributed by atoms with Crippen molar-refractivity contribution in [2.24, 2.45) is 0 Å². The Morgan fingerprint density at radius 3 is 2.10 bits per heavy atom. The second-order valence-corrected chi connectivity index (χ2v) is 13.6. The molecule has 0 unspecified atom stereocenters. The molecule has 3 aromatic rings. The third-order valence-corrected chi connectivity index (χ3v) is 8.11. The molecule has 8 nitrogen and oxygen atoms in total. The molecule has 0 radical (unpaired) electrons. The van der Waals surface area contributed by atoms with Crippen LogP contribution in [0.3, 0.4) is 0 Å². The van der Waals surface area contributed by atoms with Gasteiger partial charge in [0.05, 0.1) is 18.6 Å². The second kappa shape index (κ2) is 14.3. The van der Waals surface area contributed by atoms with Crippen LogP contribution in [0.2, 0.25) is 10.0 Å². The van der Waals surface area contributed by atoms with Crippen molar-refractivity contribution in [1.29, 1.82) is 0 Å². The van der Waals surface area contributed by atoms with Gasteiger partial charge in [0.15, 0.2) is 0 Å². The van der Waals surface area contributed by atoms with E-state index in [1.54, 1.807) is 49.4 Å². The van der Waals surface area contributed by atoms with Gasteiger partial charge in [-0.05, 0) is 57.5 Å². The lowest BCUT2D eigenvalue weighted by atomic mass is 10.0. The highest BCUT2D eigenvalue weighted by Gasteiger charge is 2.35. The van der Waals surface area contributed by atoms with Gasteiger partial charge in [-0.2, -0.15) is 0 Å². The van der Waals surface area contributed by atoms with Gasteiger partial charge in [-0.15, -0.1) is 0 Å². The maximum absolute atomic E-state index is 14.3. The predicted octanol–water partition coefficient (Wildman–Crippen LogP) is 5.71. The molecule has 42 heavy (non-hydrogen) atoms. The fourth-order valence-corrected chi connectivity index (χ4v) is 5.77. The molecular formula is C31H37Cl2N3O5S. The number of halogens is 2. The van der Waals surface area contributed by atoms with E-state index in [0.29, 0.717) is 28.0 Å². The minimum atomic E-state index is -3.96. The standard InChI is InChI=1S/C31H37Cl2N3O5S/c1-6-41-28-18-11-10-17-26(28)36(42(5,39)40)21-29(37)35(20-23-24(32)15-12-16-25(23)33)27(30(38)34-31(2,3)4)19-22-13-8-7-9-14-22/h7-18,27H,6,19-21H2,1-5H3,(H,34,38)/t27-/m0/s1. The van der Waals surface area contributed by atoms with E-state index in [4.69, 9.17) is 27.9 Å². The summed E-state index contributed by atoms with van der Waals surface area (Å²) in [6.07, 6.45) is 1.19. The topological polar surface area (TPSA) is 96.0 Å². The van der Waals surface area contributed by atoms with Crippen molar-refractivity contribution in [1.82, 2.24) is 10.2 Å². The first kappa shape index (κ1) is 33.2. The molecule has 1 atom stereocenters. The Labute approximate surface area is 258 Å². The minimum Gasteiger partial charge on any atom is -0.492 e. The van der Waals surface area contributed by atoms with E-state index in [9.17, 15) is 18.0 Å². The fourth-order valence-electron chi connectivity index (χ4n) is 4.40. The Balaban J connectivity index is 2.14. The highest BCUT2D eigenvalue weighted by molar-refractivity contribution is 7.92. The zero-order chi connectivity index (χ0) is 31.1. The number of hydrogen-bond acceptors (Lipinski definition) is 5. The number of carbonyl (C=O) groups excluding carboxylic acids is 2. The summed E-state index contributed by atoms with van der Waals surface area (Å²) in [5.41, 5.74) is 0.871. The van der Waals surface area contributed by atoms with Gasteiger partial charge in [-0.25, -0.2) is 8.42 Å². The SMILES string of the molecule is CCOc1ccccc1N(CC(=O)N(Cc1c(Cl)cccc1Cl)[C@@H](Cc1ccccc1)C(=O)NC(C)(C)C)S(C)(=O)=O. The number of para-hydroxylation sites is 2. The highest BCUT2D eigenvalue weighted by Crippen LogP contribution is 2.31. The average molecular weight is 635 g/mol. The molecule has 1 N–H and O–H groups in total. The number of ether oxygens (including phenoxy) is 1. The number of hydrogen-bond donors (Lipinski definition) is 1. The Hall–Kier alpha value is -3.27. The predicted molar refractivity (Wildman–Crippen MR) is 169 cm³/mol. The number of rotatable bonds is 12. The Morgan fingerprint density at radius 2 is 1.52 bits per heavy atom. The number of sulfonamides is 1. The molecular weight excluding hydrogens is 597 g/mol.